The van der Waals surface area contributed by atoms with E-state index in [1.807, 2.05) is 0 Å². The van der Waals surface area contributed by atoms with Gasteiger partial charge in [0.15, 0.2) is 0 Å². The zero-order chi connectivity index (χ0) is 9.81. The van der Waals surface area contributed by atoms with E-state index in [-0.39, 0.29) is 0 Å². The van der Waals surface area contributed by atoms with Crippen LogP contribution in [0.2, 0.25) is 0 Å². The van der Waals surface area contributed by atoms with Crippen molar-refractivity contribution in [3.05, 3.63) is 0 Å². The fourth-order valence-electron chi connectivity index (χ4n) is 1.70. The molecule has 0 unspecified atom stereocenters. The van der Waals surface area contributed by atoms with Gasteiger partial charge in [0.1, 0.15) is 14.7 Å². The standard InChI is InChI=1S/C8H12S6/c1-3-7-10-5-9-6(11-7)13-8(4-2,12-5)14-7/h5-6H,3-4H2,1-2H3. The monoisotopic (exact) mass is 300 g/mol. The summed E-state index contributed by atoms with van der Waals surface area (Å²) in [4.78, 5) is 0. The molecule has 4 bridgehead atoms. The van der Waals surface area contributed by atoms with Crippen LogP contribution in [0.15, 0.2) is 0 Å². The van der Waals surface area contributed by atoms with Crippen molar-refractivity contribution in [2.75, 3.05) is 0 Å². The van der Waals surface area contributed by atoms with Crippen LogP contribution in [0.25, 0.3) is 0 Å². The van der Waals surface area contributed by atoms with E-state index in [4.69, 9.17) is 0 Å². The Morgan fingerprint density at radius 3 is 1.64 bits per heavy atom. The second-order valence-corrected chi connectivity index (χ2v) is 15.1. The zero-order valence-corrected chi connectivity index (χ0v) is 12.9. The van der Waals surface area contributed by atoms with Gasteiger partial charge in [0.25, 0.3) is 0 Å². The SMILES string of the molecule is CCC12SC3SC(S1)SC(CC)(S3)S2. The number of hydrogen-bond acceptors (Lipinski definition) is 6. The highest BCUT2D eigenvalue weighted by molar-refractivity contribution is 8.63. The lowest BCUT2D eigenvalue weighted by molar-refractivity contribution is 0.952. The van der Waals surface area contributed by atoms with E-state index in [0.717, 1.165) is 7.83 Å². The molecule has 0 atom stereocenters. The van der Waals surface area contributed by atoms with Gasteiger partial charge in [-0.25, -0.2) is 0 Å². The van der Waals surface area contributed by atoms with Crippen LogP contribution in [0.1, 0.15) is 26.7 Å². The van der Waals surface area contributed by atoms with Gasteiger partial charge in [0, 0.05) is 0 Å². The molecule has 4 aliphatic heterocycles. The fraction of sp³-hybridized carbons (Fsp3) is 1.00. The van der Waals surface area contributed by atoms with Crippen LogP contribution < -0.4 is 0 Å². The molecule has 0 N–H and O–H groups in total. The minimum absolute atomic E-state index is 0.493. The Labute approximate surface area is 111 Å². The summed E-state index contributed by atoms with van der Waals surface area (Å²) in [5.74, 6) is 0. The van der Waals surface area contributed by atoms with E-state index in [1.165, 1.54) is 12.8 Å². The van der Waals surface area contributed by atoms with Gasteiger partial charge in [0.05, 0.1) is 0 Å². The van der Waals surface area contributed by atoms with Crippen molar-refractivity contribution in [3.63, 3.8) is 0 Å². The third-order valence-corrected chi connectivity index (χ3v) is 14.5. The van der Waals surface area contributed by atoms with Gasteiger partial charge in [-0.1, -0.05) is 13.8 Å². The van der Waals surface area contributed by atoms with E-state index in [0.29, 0.717) is 6.82 Å². The summed E-state index contributed by atoms with van der Waals surface area (Å²) < 4.78 is 2.60. The fourth-order valence-corrected chi connectivity index (χ4v) is 20.7. The summed E-state index contributed by atoms with van der Waals surface area (Å²) in [7, 11) is 0. The average molecular weight is 301 g/mol. The maximum absolute atomic E-state index is 2.35. The van der Waals surface area contributed by atoms with Crippen LogP contribution in [0.4, 0.5) is 0 Å². The van der Waals surface area contributed by atoms with Crippen LogP contribution in [-0.4, -0.2) is 14.7 Å². The normalized spacial score (nSPS) is 55.3. The largest absolute Gasteiger partial charge is 0.112 e. The molecule has 4 saturated heterocycles. The predicted molar refractivity (Wildman–Crippen MR) is 79.2 cm³/mol. The van der Waals surface area contributed by atoms with Crippen molar-refractivity contribution in [3.8, 4) is 0 Å². The Kier molecular flexibility index (Phi) is 3.04. The first-order valence-electron chi connectivity index (χ1n) is 4.76. The molecular weight excluding hydrogens is 288 g/mol. The van der Waals surface area contributed by atoms with Crippen molar-refractivity contribution in [2.24, 2.45) is 0 Å². The molecule has 4 heterocycles. The smallest absolute Gasteiger partial charge is 0.111 e. The minimum atomic E-state index is 0.493. The first-order chi connectivity index (χ1) is 6.69. The molecule has 6 heteroatoms. The highest BCUT2D eigenvalue weighted by Gasteiger charge is 2.60. The van der Waals surface area contributed by atoms with E-state index in [2.05, 4.69) is 84.4 Å². The second kappa shape index (κ2) is 3.80. The van der Waals surface area contributed by atoms with Crippen molar-refractivity contribution < 1.29 is 0 Å². The lowest BCUT2D eigenvalue weighted by Crippen LogP contribution is -2.42. The highest BCUT2D eigenvalue weighted by atomic mass is 32.4. The Morgan fingerprint density at radius 2 is 1.29 bits per heavy atom. The van der Waals surface area contributed by atoms with Gasteiger partial charge >= 0.3 is 0 Å². The summed E-state index contributed by atoms with van der Waals surface area (Å²) in [6.07, 6.45) is 2.62. The van der Waals surface area contributed by atoms with Crippen LogP contribution in [0.5, 0.6) is 0 Å². The maximum atomic E-state index is 2.35. The minimum Gasteiger partial charge on any atom is -0.111 e. The summed E-state index contributed by atoms with van der Waals surface area (Å²) >= 11 is 13.2. The molecule has 4 rings (SSSR count). The van der Waals surface area contributed by atoms with Gasteiger partial charge in [-0.15, -0.1) is 70.6 Å². The lowest BCUT2D eigenvalue weighted by Gasteiger charge is -2.58. The molecule has 0 amide bonds. The summed E-state index contributed by atoms with van der Waals surface area (Å²) in [6, 6.07) is 0. The lowest BCUT2D eigenvalue weighted by atomic mass is 10.5. The molecular formula is C8H12S6. The predicted octanol–water partition coefficient (Wildman–Crippen LogP) is 5.12. The van der Waals surface area contributed by atoms with Gasteiger partial charge in [-0.2, -0.15) is 0 Å². The Bertz CT molecular complexity index is 218. The van der Waals surface area contributed by atoms with Crippen LogP contribution >= 0.6 is 70.6 Å². The van der Waals surface area contributed by atoms with Gasteiger partial charge < -0.3 is 0 Å². The molecule has 4 aliphatic rings. The topological polar surface area (TPSA) is 0 Å². The third kappa shape index (κ3) is 1.67. The Hall–Kier alpha value is 2.10. The van der Waals surface area contributed by atoms with E-state index >= 15 is 0 Å². The molecule has 80 valence electrons. The van der Waals surface area contributed by atoms with Crippen molar-refractivity contribution in [2.45, 2.75) is 41.3 Å². The van der Waals surface area contributed by atoms with E-state index < -0.39 is 0 Å². The first-order valence-corrected chi connectivity index (χ1v) is 10.0. The molecule has 0 radical (unpaired) electrons. The summed E-state index contributed by atoms with van der Waals surface area (Å²) in [5, 5.41) is 0. The Balaban J connectivity index is 1.94. The number of rotatable bonds is 2. The van der Waals surface area contributed by atoms with E-state index in [9.17, 15) is 0 Å². The molecule has 0 spiro atoms. The molecule has 0 aliphatic carbocycles. The molecule has 0 aromatic rings. The van der Waals surface area contributed by atoms with Crippen LogP contribution in [0, 0.1) is 0 Å². The average Bonchev–Trinajstić information content (AvgIpc) is 2.16. The van der Waals surface area contributed by atoms with Gasteiger partial charge in [-0.05, 0) is 12.8 Å². The molecule has 14 heavy (non-hydrogen) atoms. The van der Waals surface area contributed by atoms with E-state index in [1.54, 1.807) is 0 Å². The van der Waals surface area contributed by atoms with Crippen molar-refractivity contribution in [1.82, 2.24) is 0 Å². The number of thioether (sulfide) groups is 6. The third-order valence-electron chi connectivity index (χ3n) is 2.50. The second-order valence-electron chi connectivity index (χ2n) is 3.36. The molecule has 4 fully saturated rings. The van der Waals surface area contributed by atoms with Crippen molar-refractivity contribution >= 4 is 70.6 Å². The maximum Gasteiger partial charge on any atom is 0.112 e. The molecule has 0 nitrogen and oxygen atoms in total. The first kappa shape index (κ1) is 11.2. The highest BCUT2D eigenvalue weighted by Crippen LogP contribution is 2.82. The van der Waals surface area contributed by atoms with Crippen molar-refractivity contribution in [1.29, 1.82) is 0 Å². The zero-order valence-electron chi connectivity index (χ0n) is 8.02. The van der Waals surface area contributed by atoms with Gasteiger partial charge in [-0.3, -0.25) is 0 Å². The Morgan fingerprint density at radius 1 is 0.857 bits per heavy atom. The quantitative estimate of drug-likeness (QED) is 0.689. The summed E-state index contributed by atoms with van der Waals surface area (Å²) in [6.45, 7) is 4.70. The summed E-state index contributed by atoms with van der Waals surface area (Å²) in [5.41, 5.74) is 0. The number of hydrogen-bond donors (Lipinski definition) is 0. The molecule has 0 aromatic heterocycles. The molecule has 0 aromatic carbocycles. The van der Waals surface area contributed by atoms with Crippen LogP contribution in [0.3, 0.4) is 0 Å². The molecule has 0 saturated carbocycles. The van der Waals surface area contributed by atoms with Gasteiger partial charge in [0.2, 0.25) is 0 Å². The van der Waals surface area contributed by atoms with Crippen LogP contribution in [-0.2, 0) is 0 Å².